The lowest BCUT2D eigenvalue weighted by atomic mass is 9.83. The van der Waals surface area contributed by atoms with Gasteiger partial charge in [-0.15, -0.1) is 0 Å². The van der Waals surface area contributed by atoms with E-state index >= 15 is 0 Å². The monoisotopic (exact) mass is 232 g/mol. The van der Waals surface area contributed by atoms with Crippen LogP contribution in [0.4, 0.5) is 0 Å². The Balaban J connectivity index is 3.16. The van der Waals surface area contributed by atoms with Crippen LogP contribution in [0.2, 0.25) is 0 Å². The van der Waals surface area contributed by atoms with E-state index in [1.807, 2.05) is 0 Å². The van der Waals surface area contributed by atoms with E-state index in [1.165, 1.54) is 40.7 Å². The van der Waals surface area contributed by atoms with Crippen LogP contribution < -0.4 is 0 Å². The van der Waals surface area contributed by atoms with Gasteiger partial charge in [0.05, 0.1) is 0 Å². The van der Waals surface area contributed by atoms with Gasteiger partial charge in [-0.25, -0.2) is 0 Å². The van der Waals surface area contributed by atoms with E-state index in [-0.39, 0.29) is 0 Å². The van der Waals surface area contributed by atoms with Crippen molar-refractivity contribution in [1.29, 1.82) is 0 Å². The van der Waals surface area contributed by atoms with Gasteiger partial charge in [0.15, 0.2) is 0 Å². The molecule has 0 radical (unpaired) electrons. The van der Waals surface area contributed by atoms with Crippen LogP contribution in [0.1, 0.15) is 60.6 Å². The first kappa shape index (κ1) is 14.3. The van der Waals surface area contributed by atoms with Crippen molar-refractivity contribution in [3.63, 3.8) is 0 Å². The fourth-order valence-electron chi connectivity index (χ4n) is 2.45. The molecule has 0 saturated carbocycles. The Morgan fingerprint density at radius 1 is 0.647 bits per heavy atom. The molecule has 0 aliphatic rings. The Morgan fingerprint density at radius 2 is 1.00 bits per heavy atom. The first-order chi connectivity index (χ1) is 7.65. The molecule has 0 bridgehead atoms. The molecule has 0 amide bonds. The van der Waals surface area contributed by atoms with Gasteiger partial charge in [0, 0.05) is 0 Å². The molecule has 1 rings (SSSR count). The van der Waals surface area contributed by atoms with Crippen LogP contribution in [0.5, 0.6) is 0 Å². The second kappa shape index (κ2) is 4.84. The molecule has 1 aromatic rings. The second-order valence-corrected chi connectivity index (χ2v) is 6.66. The molecule has 0 aliphatic heterocycles. The van der Waals surface area contributed by atoms with E-state index in [4.69, 9.17) is 0 Å². The van der Waals surface area contributed by atoms with Crippen molar-refractivity contribution in [1.82, 2.24) is 0 Å². The van der Waals surface area contributed by atoms with Gasteiger partial charge in [-0.3, -0.25) is 0 Å². The van der Waals surface area contributed by atoms with Crippen molar-refractivity contribution in [3.05, 3.63) is 33.4 Å². The van der Waals surface area contributed by atoms with E-state index in [0.29, 0.717) is 5.41 Å². The van der Waals surface area contributed by atoms with Gasteiger partial charge < -0.3 is 0 Å². The Morgan fingerprint density at radius 3 is 1.35 bits per heavy atom. The SMILES string of the molecule is Cc1c(C)c(C)c(CCC(C)(C)C)c(C)c1C. The highest BCUT2D eigenvalue weighted by atomic mass is 14.2. The topological polar surface area (TPSA) is 0 Å². The van der Waals surface area contributed by atoms with Gasteiger partial charge in [-0.2, -0.15) is 0 Å². The standard InChI is InChI=1S/C17H28/c1-11-12(2)14(4)16(15(5)13(11)3)9-10-17(6,7)8/h9-10H2,1-8H3. The summed E-state index contributed by atoms with van der Waals surface area (Å²) in [6.45, 7) is 18.3. The lowest BCUT2D eigenvalue weighted by molar-refractivity contribution is 0.377. The second-order valence-electron chi connectivity index (χ2n) is 6.66. The Labute approximate surface area is 107 Å². The van der Waals surface area contributed by atoms with Crippen LogP contribution in [-0.4, -0.2) is 0 Å². The Bertz CT molecular complexity index is 388. The fraction of sp³-hybridized carbons (Fsp3) is 0.647. The van der Waals surface area contributed by atoms with Crippen molar-refractivity contribution in [2.75, 3.05) is 0 Å². The summed E-state index contributed by atoms with van der Waals surface area (Å²) >= 11 is 0. The van der Waals surface area contributed by atoms with Gasteiger partial charge >= 0.3 is 0 Å². The summed E-state index contributed by atoms with van der Waals surface area (Å²) in [7, 11) is 0. The molecule has 0 fully saturated rings. The smallest absolute Gasteiger partial charge is 0.0268 e. The molecule has 0 atom stereocenters. The summed E-state index contributed by atoms with van der Waals surface area (Å²) in [4.78, 5) is 0. The van der Waals surface area contributed by atoms with Crippen molar-refractivity contribution in [3.8, 4) is 0 Å². The molecule has 0 aliphatic carbocycles. The quantitative estimate of drug-likeness (QED) is 0.657. The maximum atomic E-state index is 2.32. The first-order valence-corrected chi connectivity index (χ1v) is 6.71. The average molecular weight is 232 g/mol. The summed E-state index contributed by atoms with van der Waals surface area (Å²) in [5.41, 5.74) is 9.46. The Hall–Kier alpha value is -0.780. The summed E-state index contributed by atoms with van der Waals surface area (Å²) in [6, 6.07) is 0. The Kier molecular flexibility index (Phi) is 4.06. The highest BCUT2D eigenvalue weighted by Crippen LogP contribution is 2.29. The van der Waals surface area contributed by atoms with Gasteiger partial charge in [0.25, 0.3) is 0 Å². The van der Waals surface area contributed by atoms with Crippen molar-refractivity contribution in [2.45, 2.75) is 68.2 Å². The number of hydrogen-bond donors (Lipinski definition) is 0. The van der Waals surface area contributed by atoms with Crippen LogP contribution in [0.15, 0.2) is 0 Å². The molecule has 1 aromatic carbocycles. The lowest BCUT2D eigenvalue weighted by Crippen LogP contribution is -2.09. The van der Waals surface area contributed by atoms with Crippen LogP contribution >= 0.6 is 0 Å². The van der Waals surface area contributed by atoms with E-state index in [9.17, 15) is 0 Å². The molecule has 0 spiro atoms. The van der Waals surface area contributed by atoms with E-state index in [1.54, 1.807) is 5.56 Å². The fourth-order valence-corrected chi connectivity index (χ4v) is 2.45. The van der Waals surface area contributed by atoms with Crippen LogP contribution in [0, 0.1) is 40.0 Å². The van der Waals surface area contributed by atoms with Crippen molar-refractivity contribution in [2.24, 2.45) is 5.41 Å². The maximum Gasteiger partial charge on any atom is -0.0268 e. The zero-order valence-corrected chi connectivity index (χ0v) is 12.9. The van der Waals surface area contributed by atoms with Gasteiger partial charge in [0.2, 0.25) is 0 Å². The molecule has 0 aromatic heterocycles. The molecular weight excluding hydrogens is 204 g/mol. The van der Waals surface area contributed by atoms with Gasteiger partial charge in [-0.1, -0.05) is 20.8 Å². The molecule has 0 unspecified atom stereocenters. The van der Waals surface area contributed by atoms with Crippen molar-refractivity contribution >= 4 is 0 Å². The molecule has 17 heavy (non-hydrogen) atoms. The largest absolute Gasteiger partial charge is 0.0602 e. The highest BCUT2D eigenvalue weighted by molar-refractivity contribution is 5.49. The highest BCUT2D eigenvalue weighted by Gasteiger charge is 2.15. The molecule has 0 saturated heterocycles. The molecule has 0 heterocycles. The van der Waals surface area contributed by atoms with Crippen LogP contribution in [0.3, 0.4) is 0 Å². The third kappa shape index (κ3) is 3.12. The summed E-state index contributed by atoms with van der Waals surface area (Å²) < 4.78 is 0. The molecule has 0 N–H and O–H groups in total. The molecule has 0 heteroatoms. The third-order valence-corrected chi connectivity index (χ3v) is 4.28. The number of hydrogen-bond acceptors (Lipinski definition) is 0. The van der Waals surface area contributed by atoms with E-state index in [0.717, 1.165) is 0 Å². The number of benzene rings is 1. The predicted molar refractivity (Wildman–Crippen MR) is 77.9 cm³/mol. The van der Waals surface area contributed by atoms with Crippen LogP contribution in [0.25, 0.3) is 0 Å². The molecule has 0 nitrogen and oxygen atoms in total. The average Bonchev–Trinajstić information content (AvgIpc) is 2.22. The lowest BCUT2D eigenvalue weighted by Gasteiger charge is -2.22. The minimum atomic E-state index is 0.422. The summed E-state index contributed by atoms with van der Waals surface area (Å²) in [5.74, 6) is 0. The van der Waals surface area contributed by atoms with Crippen LogP contribution in [-0.2, 0) is 6.42 Å². The number of rotatable bonds is 2. The normalized spacial score (nSPS) is 12.0. The zero-order valence-electron chi connectivity index (χ0n) is 12.9. The minimum Gasteiger partial charge on any atom is -0.0602 e. The first-order valence-electron chi connectivity index (χ1n) is 6.71. The molecule has 96 valence electrons. The van der Waals surface area contributed by atoms with E-state index in [2.05, 4.69) is 55.4 Å². The zero-order chi connectivity index (χ0) is 13.4. The predicted octanol–water partition coefficient (Wildman–Crippen LogP) is 5.21. The van der Waals surface area contributed by atoms with Crippen molar-refractivity contribution < 1.29 is 0 Å². The minimum absolute atomic E-state index is 0.422. The maximum absolute atomic E-state index is 2.32. The van der Waals surface area contributed by atoms with Gasteiger partial charge in [-0.05, 0) is 86.3 Å². The summed E-state index contributed by atoms with van der Waals surface area (Å²) in [6.07, 6.45) is 2.47. The van der Waals surface area contributed by atoms with Gasteiger partial charge in [0.1, 0.15) is 0 Å². The summed E-state index contributed by atoms with van der Waals surface area (Å²) in [5, 5.41) is 0. The van der Waals surface area contributed by atoms with E-state index < -0.39 is 0 Å². The molecular formula is C17H28. The third-order valence-electron chi connectivity index (χ3n) is 4.28.